The van der Waals surface area contributed by atoms with Gasteiger partial charge in [0.1, 0.15) is 0 Å². The Kier molecular flexibility index (Phi) is 4.07. The molecule has 0 aliphatic carbocycles. The molecular weight excluding hydrogens is 280 g/mol. The molecule has 17 heavy (non-hydrogen) atoms. The van der Waals surface area contributed by atoms with Crippen LogP contribution in [0.4, 0.5) is 5.69 Å². The normalized spacial score (nSPS) is 19.4. The molecule has 0 spiro atoms. The van der Waals surface area contributed by atoms with Gasteiger partial charge in [0.05, 0.1) is 11.8 Å². The highest BCUT2D eigenvalue weighted by Gasteiger charge is 2.16. The van der Waals surface area contributed by atoms with E-state index >= 15 is 0 Å². The zero-order valence-corrected chi connectivity index (χ0v) is 11.9. The molecule has 0 aromatic heterocycles. The van der Waals surface area contributed by atoms with E-state index in [1.165, 1.54) is 5.69 Å². The van der Waals surface area contributed by atoms with E-state index in [4.69, 9.17) is 0 Å². The third kappa shape index (κ3) is 3.00. The van der Waals surface area contributed by atoms with Crippen molar-refractivity contribution in [2.45, 2.75) is 13.0 Å². The van der Waals surface area contributed by atoms with Crippen molar-refractivity contribution < 1.29 is 5.11 Å². The van der Waals surface area contributed by atoms with Crippen molar-refractivity contribution in [2.75, 3.05) is 38.1 Å². The van der Waals surface area contributed by atoms with Crippen molar-refractivity contribution in [1.29, 1.82) is 0 Å². The van der Waals surface area contributed by atoms with Gasteiger partial charge in [-0.15, -0.1) is 0 Å². The van der Waals surface area contributed by atoms with Gasteiger partial charge in [-0.25, -0.2) is 0 Å². The van der Waals surface area contributed by atoms with Gasteiger partial charge in [0.2, 0.25) is 0 Å². The molecule has 1 fully saturated rings. The molecule has 0 bridgehead atoms. The average Bonchev–Trinajstić information content (AvgIpc) is 2.30. The van der Waals surface area contributed by atoms with E-state index in [1.807, 2.05) is 12.1 Å². The number of nitrogens with zero attached hydrogens (tertiary/aromatic N) is 2. The van der Waals surface area contributed by atoms with Gasteiger partial charge in [0, 0.05) is 30.7 Å². The lowest BCUT2D eigenvalue weighted by Gasteiger charge is -2.34. The molecule has 1 aliphatic rings. The summed E-state index contributed by atoms with van der Waals surface area (Å²) in [4.78, 5) is 4.73. The van der Waals surface area contributed by atoms with Gasteiger partial charge in [-0.2, -0.15) is 0 Å². The Morgan fingerprint density at radius 3 is 2.41 bits per heavy atom. The van der Waals surface area contributed by atoms with Crippen LogP contribution in [0.2, 0.25) is 0 Å². The second-order valence-electron chi connectivity index (χ2n) is 4.68. The SMILES string of the molecule is C[C@@H](O)c1ccc(N2CCN(C)CC2)c(Br)c1. The maximum atomic E-state index is 9.54. The predicted molar refractivity (Wildman–Crippen MR) is 74.5 cm³/mol. The van der Waals surface area contributed by atoms with Crippen LogP contribution >= 0.6 is 15.9 Å². The van der Waals surface area contributed by atoms with Crippen molar-refractivity contribution >= 4 is 21.6 Å². The first-order valence-electron chi connectivity index (χ1n) is 5.99. The molecule has 1 atom stereocenters. The highest BCUT2D eigenvalue weighted by molar-refractivity contribution is 9.10. The number of likely N-dealkylation sites (N-methyl/N-ethyl adjacent to an activating group) is 1. The van der Waals surface area contributed by atoms with Crippen molar-refractivity contribution in [1.82, 2.24) is 4.90 Å². The molecular formula is C13H19BrN2O. The monoisotopic (exact) mass is 298 g/mol. The molecule has 94 valence electrons. The van der Waals surface area contributed by atoms with Crippen LogP contribution in [0, 0.1) is 0 Å². The maximum Gasteiger partial charge on any atom is 0.0762 e. The van der Waals surface area contributed by atoms with Gasteiger partial charge < -0.3 is 14.9 Å². The van der Waals surface area contributed by atoms with Crippen molar-refractivity contribution in [3.05, 3.63) is 28.2 Å². The molecule has 0 unspecified atom stereocenters. The molecule has 1 aliphatic heterocycles. The molecule has 1 saturated heterocycles. The Morgan fingerprint density at radius 1 is 1.24 bits per heavy atom. The fraction of sp³-hybridized carbons (Fsp3) is 0.538. The Labute approximate surface area is 111 Å². The molecule has 1 aromatic carbocycles. The molecule has 1 aromatic rings. The lowest BCUT2D eigenvalue weighted by Crippen LogP contribution is -2.44. The Hall–Kier alpha value is -0.580. The van der Waals surface area contributed by atoms with Crippen LogP contribution in [0.3, 0.4) is 0 Å². The van der Waals surface area contributed by atoms with Crippen LogP contribution in [0.1, 0.15) is 18.6 Å². The lowest BCUT2D eigenvalue weighted by molar-refractivity contribution is 0.199. The summed E-state index contributed by atoms with van der Waals surface area (Å²) >= 11 is 3.60. The number of benzene rings is 1. The topological polar surface area (TPSA) is 26.7 Å². The third-order valence-corrected chi connectivity index (χ3v) is 3.93. The van der Waals surface area contributed by atoms with Crippen LogP contribution in [-0.2, 0) is 0 Å². The van der Waals surface area contributed by atoms with Crippen LogP contribution < -0.4 is 4.90 Å². The molecule has 2 rings (SSSR count). The van der Waals surface area contributed by atoms with E-state index in [2.05, 4.69) is 38.8 Å². The van der Waals surface area contributed by atoms with Gasteiger partial charge >= 0.3 is 0 Å². The minimum Gasteiger partial charge on any atom is -0.389 e. The van der Waals surface area contributed by atoms with Crippen LogP contribution in [0.25, 0.3) is 0 Å². The summed E-state index contributed by atoms with van der Waals surface area (Å²) < 4.78 is 1.07. The van der Waals surface area contributed by atoms with E-state index in [1.54, 1.807) is 6.92 Å². The average molecular weight is 299 g/mol. The van der Waals surface area contributed by atoms with Crippen LogP contribution in [-0.4, -0.2) is 43.2 Å². The van der Waals surface area contributed by atoms with Gasteiger partial charge in [-0.05, 0) is 47.6 Å². The molecule has 1 heterocycles. The molecule has 0 radical (unpaired) electrons. The number of hydrogen-bond donors (Lipinski definition) is 1. The van der Waals surface area contributed by atoms with Crippen molar-refractivity contribution in [3.63, 3.8) is 0 Å². The van der Waals surface area contributed by atoms with Crippen LogP contribution in [0.15, 0.2) is 22.7 Å². The van der Waals surface area contributed by atoms with Gasteiger partial charge in [0.25, 0.3) is 0 Å². The fourth-order valence-corrected chi connectivity index (χ4v) is 2.73. The summed E-state index contributed by atoms with van der Waals surface area (Å²) in [6.45, 7) is 6.11. The van der Waals surface area contributed by atoms with Crippen molar-refractivity contribution in [3.8, 4) is 0 Å². The largest absolute Gasteiger partial charge is 0.389 e. The second-order valence-corrected chi connectivity index (χ2v) is 5.53. The quantitative estimate of drug-likeness (QED) is 0.907. The van der Waals surface area contributed by atoms with Gasteiger partial charge in [-0.1, -0.05) is 6.07 Å². The first-order valence-corrected chi connectivity index (χ1v) is 6.78. The molecule has 3 nitrogen and oxygen atoms in total. The Bertz CT molecular complexity index is 387. The first kappa shape index (κ1) is 12.9. The second kappa shape index (κ2) is 5.38. The first-order chi connectivity index (χ1) is 8.08. The smallest absolute Gasteiger partial charge is 0.0762 e. The minimum atomic E-state index is -0.409. The summed E-state index contributed by atoms with van der Waals surface area (Å²) in [5.41, 5.74) is 2.18. The predicted octanol–water partition coefficient (Wildman–Crippen LogP) is 2.25. The summed E-state index contributed by atoms with van der Waals surface area (Å²) in [6, 6.07) is 6.11. The number of anilines is 1. The summed E-state index contributed by atoms with van der Waals surface area (Å²) in [5, 5.41) is 9.54. The molecule has 0 saturated carbocycles. The zero-order valence-electron chi connectivity index (χ0n) is 10.4. The summed E-state index contributed by atoms with van der Waals surface area (Å²) in [7, 11) is 2.16. The van der Waals surface area contributed by atoms with Gasteiger partial charge in [-0.3, -0.25) is 0 Å². The maximum absolute atomic E-state index is 9.54. The lowest BCUT2D eigenvalue weighted by atomic mass is 10.1. The molecule has 0 amide bonds. The van der Waals surface area contributed by atoms with Crippen molar-refractivity contribution in [2.24, 2.45) is 0 Å². The highest BCUT2D eigenvalue weighted by atomic mass is 79.9. The fourth-order valence-electron chi connectivity index (χ4n) is 2.09. The zero-order chi connectivity index (χ0) is 12.4. The Balaban J connectivity index is 2.16. The highest BCUT2D eigenvalue weighted by Crippen LogP contribution is 2.29. The van der Waals surface area contributed by atoms with E-state index in [0.717, 1.165) is 36.2 Å². The minimum absolute atomic E-state index is 0.409. The number of piperazine rings is 1. The van der Waals surface area contributed by atoms with E-state index in [9.17, 15) is 5.11 Å². The Morgan fingerprint density at radius 2 is 1.88 bits per heavy atom. The number of aliphatic hydroxyl groups excluding tert-OH is 1. The standard InChI is InChI=1S/C13H19BrN2O/c1-10(17)11-3-4-13(12(14)9-11)16-7-5-15(2)6-8-16/h3-4,9-10,17H,5-8H2,1-2H3/t10-/m1/s1. The van der Waals surface area contributed by atoms with E-state index in [-0.39, 0.29) is 0 Å². The summed E-state index contributed by atoms with van der Waals surface area (Å²) in [6.07, 6.45) is -0.409. The summed E-state index contributed by atoms with van der Waals surface area (Å²) in [5.74, 6) is 0. The van der Waals surface area contributed by atoms with E-state index in [0.29, 0.717) is 0 Å². The number of hydrogen-bond acceptors (Lipinski definition) is 3. The third-order valence-electron chi connectivity index (χ3n) is 3.30. The number of aliphatic hydroxyl groups is 1. The molecule has 1 N–H and O–H groups in total. The van der Waals surface area contributed by atoms with Gasteiger partial charge in [0.15, 0.2) is 0 Å². The van der Waals surface area contributed by atoms with Crippen LogP contribution in [0.5, 0.6) is 0 Å². The number of halogens is 1. The molecule has 4 heteroatoms. The number of rotatable bonds is 2. The van der Waals surface area contributed by atoms with E-state index < -0.39 is 6.10 Å².